The number of rotatable bonds is 9. The highest BCUT2D eigenvalue weighted by molar-refractivity contribution is 6.00. The fraction of sp³-hybridized carbons (Fsp3) is 0.312. The van der Waals surface area contributed by atoms with Crippen LogP contribution in [-0.4, -0.2) is 46.2 Å². The number of halogens is 3. The summed E-state index contributed by atoms with van der Waals surface area (Å²) in [7, 11) is 0. The largest absolute Gasteiger partial charge is 0.480 e. The molecule has 1 aromatic carbocycles. The number of benzene rings is 1. The van der Waals surface area contributed by atoms with Gasteiger partial charge in [-0.15, -0.1) is 0 Å². The topological polar surface area (TPSA) is 85.9 Å². The number of carboxylic acid groups (broad SMARTS) is 1. The normalized spacial score (nSPS) is 12.2. The van der Waals surface area contributed by atoms with E-state index in [0.29, 0.717) is 0 Å². The molecule has 0 fully saturated rings. The molecule has 0 aliphatic carbocycles. The maximum atomic E-state index is 12.9. The van der Waals surface area contributed by atoms with E-state index in [1.165, 1.54) is 24.7 Å². The SMILES string of the molecule is O=C(O)COCCON=C(Cn1ccnc1)c1cccc(C(F)(F)F)c1. The highest BCUT2D eigenvalue weighted by Gasteiger charge is 2.30. The molecule has 0 saturated carbocycles. The first-order valence-corrected chi connectivity index (χ1v) is 7.48. The van der Waals surface area contributed by atoms with Crippen molar-refractivity contribution in [3.63, 3.8) is 0 Å². The van der Waals surface area contributed by atoms with E-state index in [-0.39, 0.29) is 31.0 Å². The number of carbonyl (C=O) groups is 1. The molecule has 1 aromatic heterocycles. The fourth-order valence-corrected chi connectivity index (χ4v) is 1.98. The van der Waals surface area contributed by atoms with Crippen LogP contribution >= 0.6 is 0 Å². The Hall–Kier alpha value is -2.88. The van der Waals surface area contributed by atoms with Crippen molar-refractivity contribution in [3.05, 3.63) is 54.1 Å². The lowest BCUT2D eigenvalue weighted by Gasteiger charge is -2.11. The van der Waals surface area contributed by atoms with Crippen LogP contribution in [-0.2, 0) is 27.1 Å². The van der Waals surface area contributed by atoms with Crippen molar-refractivity contribution in [1.82, 2.24) is 9.55 Å². The van der Waals surface area contributed by atoms with E-state index in [1.807, 2.05) is 0 Å². The molecule has 0 saturated heterocycles. The summed E-state index contributed by atoms with van der Waals surface area (Å²) in [4.78, 5) is 19.3. The van der Waals surface area contributed by atoms with E-state index in [4.69, 9.17) is 14.7 Å². The minimum absolute atomic E-state index is 0.0171. The van der Waals surface area contributed by atoms with Gasteiger partial charge in [0.15, 0.2) is 0 Å². The maximum Gasteiger partial charge on any atom is 0.416 e. The third-order valence-electron chi connectivity index (χ3n) is 3.13. The second-order valence-corrected chi connectivity index (χ2v) is 5.13. The van der Waals surface area contributed by atoms with E-state index in [2.05, 4.69) is 10.1 Å². The summed E-state index contributed by atoms with van der Waals surface area (Å²) in [6.45, 7) is -0.379. The second-order valence-electron chi connectivity index (χ2n) is 5.13. The van der Waals surface area contributed by atoms with Crippen LogP contribution in [0.25, 0.3) is 0 Å². The van der Waals surface area contributed by atoms with Gasteiger partial charge in [-0.25, -0.2) is 9.78 Å². The Kier molecular flexibility index (Phi) is 6.73. The van der Waals surface area contributed by atoms with Crippen LogP contribution in [0.2, 0.25) is 0 Å². The van der Waals surface area contributed by atoms with Crippen molar-refractivity contribution < 1.29 is 32.6 Å². The molecule has 0 radical (unpaired) electrons. The Labute approximate surface area is 146 Å². The van der Waals surface area contributed by atoms with Crippen LogP contribution in [0.3, 0.4) is 0 Å². The van der Waals surface area contributed by atoms with E-state index < -0.39 is 24.3 Å². The van der Waals surface area contributed by atoms with Gasteiger partial charge in [0.25, 0.3) is 0 Å². The molecular weight excluding hydrogens is 355 g/mol. The Morgan fingerprint density at radius 3 is 2.77 bits per heavy atom. The van der Waals surface area contributed by atoms with Gasteiger partial charge in [-0.3, -0.25) is 0 Å². The summed E-state index contributed by atoms with van der Waals surface area (Å²) in [6, 6.07) is 4.74. The Morgan fingerprint density at radius 1 is 1.31 bits per heavy atom. The molecular formula is C16H16F3N3O4. The Bertz CT molecular complexity index is 745. The van der Waals surface area contributed by atoms with Gasteiger partial charge in [0, 0.05) is 18.0 Å². The quantitative estimate of drug-likeness (QED) is 0.416. The maximum absolute atomic E-state index is 12.9. The number of alkyl halides is 3. The summed E-state index contributed by atoms with van der Waals surface area (Å²) in [5.41, 5.74) is -0.287. The fourth-order valence-electron chi connectivity index (χ4n) is 1.98. The smallest absolute Gasteiger partial charge is 0.416 e. The van der Waals surface area contributed by atoms with Gasteiger partial charge in [0.05, 0.1) is 25.0 Å². The standard InChI is InChI=1S/C16H16F3N3O4/c17-16(18,19)13-3-1-2-12(8-13)14(9-22-5-4-20-11-22)21-26-7-6-25-10-15(23)24/h1-5,8,11H,6-7,9-10H2,(H,23,24). The zero-order valence-corrected chi connectivity index (χ0v) is 13.5. The van der Waals surface area contributed by atoms with Crippen molar-refractivity contribution in [1.29, 1.82) is 0 Å². The van der Waals surface area contributed by atoms with Gasteiger partial charge in [-0.2, -0.15) is 13.2 Å². The predicted octanol–water partition coefficient (Wildman–Crippen LogP) is 2.42. The summed E-state index contributed by atoms with van der Waals surface area (Å²) >= 11 is 0. The lowest BCUT2D eigenvalue weighted by Crippen LogP contribution is -2.14. The summed E-state index contributed by atoms with van der Waals surface area (Å²) in [5.74, 6) is -1.11. The van der Waals surface area contributed by atoms with Gasteiger partial charge in [-0.05, 0) is 12.1 Å². The molecule has 0 bridgehead atoms. The summed E-state index contributed by atoms with van der Waals surface area (Å²) < 4.78 is 45.2. The minimum Gasteiger partial charge on any atom is -0.480 e. The molecule has 2 aromatic rings. The number of aliphatic carboxylic acids is 1. The first kappa shape index (κ1) is 19.4. The van der Waals surface area contributed by atoms with E-state index >= 15 is 0 Å². The molecule has 1 heterocycles. The molecule has 0 spiro atoms. The highest BCUT2D eigenvalue weighted by Crippen LogP contribution is 2.29. The Morgan fingerprint density at radius 2 is 2.12 bits per heavy atom. The van der Waals surface area contributed by atoms with Gasteiger partial charge >= 0.3 is 12.1 Å². The average molecular weight is 371 g/mol. The van der Waals surface area contributed by atoms with Crippen molar-refractivity contribution in [2.24, 2.45) is 5.16 Å². The lowest BCUT2D eigenvalue weighted by molar-refractivity contribution is -0.142. The van der Waals surface area contributed by atoms with Crippen LogP contribution in [0.5, 0.6) is 0 Å². The van der Waals surface area contributed by atoms with Gasteiger partial charge in [0.2, 0.25) is 0 Å². The number of oxime groups is 1. The molecule has 2 rings (SSSR count). The van der Waals surface area contributed by atoms with Crippen molar-refractivity contribution in [3.8, 4) is 0 Å². The summed E-state index contributed by atoms with van der Waals surface area (Å²) in [6.07, 6.45) is 0.199. The Balaban J connectivity index is 2.11. The zero-order chi connectivity index (χ0) is 19.0. The third-order valence-corrected chi connectivity index (χ3v) is 3.13. The first-order chi connectivity index (χ1) is 12.4. The number of hydrogen-bond donors (Lipinski definition) is 1. The molecule has 0 unspecified atom stereocenters. The van der Waals surface area contributed by atoms with E-state index in [9.17, 15) is 18.0 Å². The molecule has 1 N–H and O–H groups in total. The molecule has 0 aliphatic heterocycles. The number of ether oxygens (including phenoxy) is 1. The average Bonchev–Trinajstić information content (AvgIpc) is 3.09. The minimum atomic E-state index is -4.47. The van der Waals surface area contributed by atoms with Gasteiger partial charge in [-0.1, -0.05) is 17.3 Å². The predicted molar refractivity (Wildman–Crippen MR) is 84.6 cm³/mol. The molecule has 0 atom stereocenters. The molecule has 7 nitrogen and oxygen atoms in total. The molecule has 10 heteroatoms. The number of hydrogen-bond acceptors (Lipinski definition) is 5. The summed E-state index contributed by atoms with van der Waals surface area (Å²) in [5, 5.41) is 12.3. The van der Waals surface area contributed by atoms with Crippen LogP contribution in [0.4, 0.5) is 13.2 Å². The monoisotopic (exact) mass is 371 g/mol. The van der Waals surface area contributed by atoms with Gasteiger partial charge < -0.3 is 19.2 Å². The number of nitrogens with zero attached hydrogens (tertiary/aromatic N) is 3. The number of imidazole rings is 1. The highest BCUT2D eigenvalue weighted by atomic mass is 19.4. The van der Waals surface area contributed by atoms with E-state index in [0.717, 1.165) is 12.1 Å². The van der Waals surface area contributed by atoms with Crippen molar-refractivity contribution in [2.75, 3.05) is 19.8 Å². The molecule has 26 heavy (non-hydrogen) atoms. The lowest BCUT2D eigenvalue weighted by atomic mass is 10.1. The first-order valence-electron chi connectivity index (χ1n) is 7.48. The van der Waals surface area contributed by atoms with Crippen molar-refractivity contribution in [2.45, 2.75) is 12.7 Å². The molecule has 140 valence electrons. The number of carboxylic acids is 1. The molecule has 0 amide bonds. The second kappa shape index (κ2) is 8.99. The van der Waals surface area contributed by atoms with E-state index in [1.54, 1.807) is 10.8 Å². The third kappa shape index (κ3) is 6.20. The van der Waals surface area contributed by atoms with Crippen LogP contribution in [0, 0.1) is 0 Å². The van der Waals surface area contributed by atoms with Crippen LogP contribution in [0.1, 0.15) is 11.1 Å². The van der Waals surface area contributed by atoms with Gasteiger partial charge in [0.1, 0.15) is 18.9 Å². The number of aromatic nitrogens is 2. The zero-order valence-electron chi connectivity index (χ0n) is 13.5. The van der Waals surface area contributed by atoms with Crippen molar-refractivity contribution >= 4 is 11.7 Å². The molecule has 0 aliphatic rings. The van der Waals surface area contributed by atoms with Crippen LogP contribution < -0.4 is 0 Å². The van der Waals surface area contributed by atoms with Crippen LogP contribution in [0.15, 0.2) is 48.1 Å².